The van der Waals surface area contributed by atoms with Gasteiger partial charge in [0.2, 0.25) is 5.91 Å². The second kappa shape index (κ2) is 4.11. The number of carboxylic acid groups (broad SMARTS) is 1. The van der Waals surface area contributed by atoms with E-state index in [0.29, 0.717) is 0 Å². The largest absolute Gasteiger partial charge is 0.478 e. The number of hydrogen-bond acceptors (Lipinski definition) is 2. The van der Waals surface area contributed by atoms with Gasteiger partial charge >= 0.3 is 5.97 Å². The highest BCUT2D eigenvalue weighted by molar-refractivity contribution is 6.34. The lowest BCUT2D eigenvalue weighted by atomic mass is 10.1. The number of hydrogen-bond donors (Lipinski definition) is 2. The van der Waals surface area contributed by atoms with E-state index in [2.05, 4.69) is 0 Å². The van der Waals surface area contributed by atoms with Crippen LogP contribution in [0.5, 0.6) is 0 Å². The Balaban J connectivity index is 4.09. The van der Waals surface area contributed by atoms with Crippen LogP contribution < -0.4 is 5.73 Å². The molecule has 0 aliphatic heterocycles. The fourth-order valence-electron chi connectivity index (χ4n) is 0.482. The van der Waals surface area contributed by atoms with E-state index in [0.717, 1.165) is 6.08 Å². The van der Waals surface area contributed by atoms with Crippen molar-refractivity contribution in [1.82, 2.24) is 0 Å². The van der Waals surface area contributed by atoms with Gasteiger partial charge in [0.1, 0.15) is 4.87 Å². The van der Waals surface area contributed by atoms with E-state index >= 15 is 0 Å². The van der Waals surface area contributed by atoms with E-state index in [-0.39, 0.29) is 6.42 Å². The summed E-state index contributed by atoms with van der Waals surface area (Å²) in [5.41, 5.74) is 4.93. The molecule has 0 radical (unpaired) electrons. The molecule has 3 N–H and O–H groups in total. The van der Waals surface area contributed by atoms with Crippen LogP contribution in [0.3, 0.4) is 0 Å². The van der Waals surface area contributed by atoms with Gasteiger partial charge in [0.05, 0.1) is 0 Å². The van der Waals surface area contributed by atoms with E-state index in [4.69, 9.17) is 22.4 Å². The Bertz CT molecular complexity index is 223. The summed E-state index contributed by atoms with van der Waals surface area (Å²) in [6, 6.07) is 0. The third-order valence-corrected chi connectivity index (χ3v) is 1.62. The summed E-state index contributed by atoms with van der Waals surface area (Å²) in [6.07, 6.45) is 2.32. The number of carboxylic acids is 1. The van der Waals surface area contributed by atoms with Gasteiger partial charge < -0.3 is 10.8 Å². The molecule has 5 heteroatoms. The summed E-state index contributed by atoms with van der Waals surface area (Å²) in [7, 11) is 0. The predicted octanol–water partition coefficient (Wildman–Crippen LogP) is 0.500. The SMILES string of the molecule is CC(Cl)(CC=CC(=O)O)C(N)=O. The average molecular weight is 192 g/mol. The van der Waals surface area contributed by atoms with Gasteiger partial charge in [-0.25, -0.2) is 4.79 Å². The normalized spacial score (nSPS) is 15.8. The van der Waals surface area contributed by atoms with Gasteiger partial charge in [0.25, 0.3) is 0 Å². The minimum absolute atomic E-state index is 0.107. The maximum absolute atomic E-state index is 10.6. The molecule has 1 amide bonds. The van der Waals surface area contributed by atoms with E-state index < -0.39 is 16.8 Å². The summed E-state index contributed by atoms with van der Waals surface area (Å²) in [6.45, 7) is 1.43. The van der Waals surface area contributed by atoms with Crippen molar-refractivity contribution < 1.29 is 14.7 Å². The first-order valence-corrected chi connectivity index (χ1v) is 3.62. The van der Waals surface area contributed by atoms with Crippen molar-refractivity contribution in [1.29, 1.82) is 0 Å². The van der Waals surface area contributed by atoms with Gasteiger partial charge in [0.15, 0.2) is 0 Å². The van der Waals surface area contributed by atoms with Crippen LogP contribution >= 0.6 is 11.6 Å². The molecule has 0 spiro atoms. The molecule has 4 nitrogen and oxygen atoms in total. The second-order valence-electron chi connectivity index (χ2n) is 2.51. The fraction of sp³-hybridized carbons (Fsp3) is 0.429. The molecule has 1 unspecified atom stereocenters. The topological polar surface area (TPSA) is 80.4 Å². The third-order valence-electron chi connectivity index (χ3n) is 1.28. The van der Waals surface area contributed by atoms with Gasteiger partial charge in [-0.1, -0.05) is 6.08 Å². The number of rotatable bonds is 4. The number of carbonyl (C=O) groups is 2. The van der Waals surface area contributed by atoms with E-state index in [9.17, 15) is 9.59 Å². The lowest BCUT2D eigenvalue weighted by Gasteiger charge is -2.14. The summed E-state index contributed by atoms with van der Waals surface area (Å²) >= 11 is 5.64. The van der Waals surface area contributed by atoms with Crippen LogP contribution in [0.15, 0.2) is 12.2 Å². The van der Waals surface area contributed by atoms with Gasteiger partial charge in [-0.3, -0.25) is 4.79 Å². The second-order valence-corrected chi connectivity index (χ2v) is 3.34. The van der Waals surface area contributed by atoms with Crippen molar-refractivity contribution in [2.75, 3.05) is 0 Å². The number of nitrogens with two attached hydrogens (primary N) is 1. The van der Waals surface area contributed by atoms with Crippen molar-refractivity contribution in [2.45, 2.75) is 18.2 Å². The number of allylic oxidation sites excluding steroid dienone is 1. The highest BCUT2D eigenvalue weighted by Gasteiger charge is 2.26. The quantitative estimate of drug-likeness (QED) is 0.502. The zero-order valence-corrected chi connectivity index (χ0v) is 7.34. The van der Waals surface area contributed by atoms with Crippen LogP contribution in [0.4, 0.5) is 0 Å². The molecule has 0 fully saturated rings. The zero-order valence-electron chi connectivity index (χ0n) is 6.58. The van der Waals surface area contributed by atoms with Crippen molar-refractivity contribution >= 4 is 23.5 Å². The first-order valence-electron chi connectivity index (χ1n) is 3.24. The molecule has 1 atom stereocenters. The van der Waals surface area contributed by atoms with Crippen LogP contribution in [0.25, 0.3) is 0 Å². The van der Waals surface area contributed by atoms with Crippen LogP contribution in [0, 0.1) is 0 Å². The predicted molar refractivity (Wildman–Crippen MR) is 44.8 cm³/mol. The van der Waals surface area contributed by atoms with Gasteiger partial charge in [0, 0.05) is 6.08 Å². The van der Waals surface area contributed by atoms with Crippen LogP contribution in [-0.4, -0.2) is 21.9 Å². The Morgan fingerprint density at radius 2 is 2.17 bits per heavy atom. The molecule has 0 aromatic rings. The fourth-order valence-corrected chi connectivity index (χ4v) is 0.571. The first-order chi connectivity index (χ1) is 5.36. The van der Waals surface area contributed by atoms with E-state index in [1.807, 2.05) is 0 Å². The molecule has 0 aromatic carbocycles. The molecule has 12 heavy (non-hydrogen) atoms. The molecule has 0 saturated heterocycles. The molecule has 0 heterocycles. The molecule has 0 aliphatic carbocycles. The molecule has 0 rings (SSSR count). The zero-order chi connectivity index (χ0) is 9.78. The Hall–Kier alpha value is -1.03. The van der Waals surface area contributed by atoms with Gasteiger partial charge in [-0.2, -0.15) is 0 Å². The van der Waals surface area contributed by atoms with E-state index in [1.54, 1.807) is 0 Å². The summed E-state index contributed by atoms with van der Waals surface area (Å²) in [5.74, 6) is -1.74. The number of aliphatic carboxylic acids is 1. The van der Waals surface area contributed by atoms with Crippen molar-refractivity contribution in [2.24, 2.45) is 5.73 Å². The Morgan fingerprint density at radius 3 is 2.50 bits per heavy atom. The number of amides is 1. The highest BCUT2D eigenvalue weighted by Crippen LogP contribution is 2.18. The maximum atomic E-state index is 10.6. The number of alkyl halides is 1. The van der Waals surface area contributed by atoms with Gasteiger partial charge in [-0.05, 0) is 13.3 Å². The van der Waals surface area contributed by atoms with Crippen LogP contribution in [-0.2, 0) is 9.59 Å². The summed E-state index contributed by atoms with van der Waals surface area (Å²) < 4.78 is 0. The molecular formula is C7H10ClNO3. The molecular weight excluding hydrogens is 182 g/mol. The first kappa shape index (κ1) is 11.0. The molecule has 0 aromatic heterocycles. The van der Waals surface area contributed by atoms with Crippen molar-refractivity contribution in [3.05, 3.63) is 12.2 Å². The molecule has 0 aliphatic rings. The van der Waals surface area contributed by atoms with Gasteiger partial charge in [-0.15, -0.1) is 11.6 Å². The van der Waals surface area contributed by atoms with Crippen molar-refractivity contribution in [3.63, 3.8) is 0 Å². The minimum atomic E-state index is -1.20. The molecule has 0 saturated carbocycles. The van der Waals surface area contributed by atoms with E-state index in [1.165, 1.54) is 13.0 Å². The number of halogens is 1. The summed E-state index contributed by atoms with van der Waals surface area (Å²) in [4.78, 5) is 19.4. The average Bonchev–Trinajstić information content (AvgIpc) is 1.85. The Kier molecular flexibility index (Phi) is 3.76. The lowest BCUT2D eigenvalue weighted by Crippen LogP contribution is -2.35. The number of carbonyl (C=O) groups excluding carboxylic acids is 1. The smallest absolute Gasteiger partial charge is 0.327 e. The molecule has 68 valence electrons. The molecule has 0 bridgehead atoms. The lowest BCUT2D eigenvalue weighted by molar-refractivity contribution is -0.131. The van der Waals surface area contributed by atoms with Crippen molar-refractivity contribution in [3.8, 4) is 0 Å². The van der Waals surface area contributed by atoms with Crippen LogP contribution in [0.1, 0.15) is 13.3 Å². The third kappa shape index (κ3) is 3.98. The van der Waals surface area contributed by atoms with Crippen LogP contribution in [0.2, 0.25) is 0 Å². The Morgan fingerprint density at radius 1 is 1.67 bits per heavy atom. The minimum Gasteiger partial charge on any atom is -0.478 e. The number of primary amides is 1. The highest BCUT2D eigenvalue weighted by atomic mass is 35.5. The standard InChI is InChI=1S/C7H10ClNO3/c1-7(8,6(9)12)4-2-3-5(10)11/h2-3H,4H2,1H3,(H2,9,12)(H,10,11). The Labute approximate surface area is 75.0 Å². The monoisotopic (exact) mass is 191 g/mol. The maximum Gasteiger partial charge on any atom is 0.327 e. The summed E-state index contributed by atoms with van der Waals surface area (Å²) in [5, 5.41) is 8.20.